The Labute approximate surface area is 154 Å². The van der Waals surface area contributed by atoms with Gasteiger partial charge < -0.3 is 15.5 Å². The van der Waals surface area contributed by atoms with Crippen LogP contribution in [0.3, 0.4) is 0 Å². The second-order valence-electron chi connectivity index (χ2n) is 6.06. The molecule has 5 nitrogen and oxygen atoms in total. The van der Waals surface area contributed by atoms with Gasteiger partial charge in [0.25, 0.3) is 0 Å². The van der Waals surface area contributed by atoms with Gasteiger partial charge in [-0.15, -0.1) is 0 Å². The zero-order valence-corrected chi connectivity index (χ0v) is 15.9. The van der Waals surface area contributed by atoms with E-state index in [2.05, 4.69) is 34.4 Å². The first-order chi connectivity index (χ1) is 12.0. The predicted molar refractivity (Wildman–Crippen MR) is 105 cm³/mol. The van der Waals surface area contributed by atoms with Crippen molar-refractivity contribution in [3.63, 3.8) is 0 Å². The molecule has 0 fully saturated rings. The number of carbonyl (C=O) groups is 1. The molecule has 1 heterocycles. The number of fused-ring (bicyclic) bond motifs is 1. The van der Waals surface area contributed by atoms with Gasteiger partial charge in [-0.25, -0.2) is 0 Å². The molecule has 2 aromatic rings. The van der Waals surface area contributed by atoms with E-state index in [0.717, 1.165) is 42.6 Å². The molecule has 0 bridgehead atoms. The summed E-state index contributed by atoms with van der Waals surface area (Å²) in [6.07, 6.45) is 2.67. The summed E-state index contributed by atoms with van der Waals surface area (Å²) in [5.41, 5.74) is 1.69. The number of hydrogen-bond donors (Lipinski definition) is 2. The van der Waals surface area contributed by atoms with E-state index in [1.54, 1.807) is 6.20 Å². The van der Waals surface area contributed by atoms with Crippen molar-refractivity contribution in [2.24, 2.45) is 0 Å². The van der Waals surface area contributed by atoms with Crippen LogP contribution in [0.15, 0.2) is 30.5 Å². The van der Waals surface area contributed by atoms with Crippen LogP contribution in [-0.2, 0) is 4.79 Å². The Kier molecular flexibility index (Phi) is 7.47. The molecule has 136 valence electrons. The van der Waals surface area contributed by atoms with Gasteiger partial charge in [-0.1, -0.05) is 25.4 Å². The first-order valence-electron chi connectivity index (χ1n) is 8.86. The lowest BCUT2D eigenvalue weighted by molar-refractivity contribution is -0.121. The molecule has 1 atom stereocenters. The van der Waals surface area contributed by atoms with Crippen LogP contribution in [0, 0.1) is 0 Å². The largest absolute Gasteiger partial charge is 0.373 e. The molecule has 6 heteroatoms. The smallest absolute Gasteiger partial charge is 0.242 e. The topological polar surface area (TPSA) is 57.3 Å². The van der Waals surface area contributed by atoms with Crippen LogP contribution < -0.4 is 10.6 Å². The SMILES string of the molecule is CCN(CC)CCCNC(=O)[C@H](C)Nc1ccnc2cc(Cl)ccc12. The normalized spacial score (nSPS) is 12.4. The molecule has 0 saturated heterocycles. The molecule has 2 N–H and O–H groups in total. The van der Waals surface area contributed by atoms with Crippen molar-refractivity contribution in [1.29, 1.82) is 0 Å². The van der Waals surface area contributed by atoms with Crippen molar-refractivity contribution in [1.82, 2.24) is 15.2 Å². The van der Waals surface area contributed by atoms with Crippen LogP contribution >= 0.6 is 11.6 Å². The summed E-state index contributed by atoms with van der Waals surface area (Å²) < 4.78 is 0. The number of benzene rings is 1. The van der Waals surface area contributed by atoms with Gasteiger partial charge in [0.15, 0.2) is 0 Å². The third-order valence-electron chi connectivity index (χ3n) is 4.31. The van der Waals surface area contributed by atoms with Gasteiger partial charge in [0.1, 0.15) is 6.04 Å². The quantitative estimate of drug-likeness (QED) is 0.670. The Morgan fingerprint density at radius 2 is 2.04 bits per heavy atom. The van der Waals surface area contributed by atoms with Crippen molar-refractivity contribution in [2.45, 2.75) is 33.2 Å². The van der Waals surface area contributed by atoms with Gasteiger partial charge in [0.2, 0.25) is 5.91 Å². The zero-order chi connectivity index (χ0) is 18.2. The number of amides is 1. The van der Waals surface area contributed by atoms with E-state index in [1.807, 2.05) is 31.2 Å². The van der Waals surface area contributed by atoms with Crippen LogP contribution in [0.4, 0.5) is 5.69 Å². The summed E-state index contributed by atoms with van der Waals surface area (Å²) in [6.45, 7) is 9.95. The van der Waals surface area contributed by atoms with Crippen molar-refractivity contribution in [2.75, 3.05) is 31.5 Å². The average molecular weight is 363 g/mol. The minimum Gasteiger partial charge on any atom is -0.373 e. The van der Waals surface area contributed by atoms with Crippen molar-refractivity contribution < 1.29 is 4.79 Å². The van der Waals surface area contributed by atoms with Gasteiger partial charge in [0, 0.05) is 28.8 Å². The molecule has 0 unspecified atom stereocenters. The van der Waals surface area contributed by atoms with Crippen LogP contribution in [0.5, 0.6) is 0 Å². The summed E-state index contributed by atoms with van der Waals surface area (Å²) in [6, 6.07) is 7.12. The van der Waals surface area contributed by atoms with Crippen LogP contribution in [-0.4, -0.2) is 48.0 Å². The average Bonchev–Trinajstić information content (AvgIpc) is 2.61. The third-order valence-corrected chi connectivity index (χ3v) is 4.55. The molecule has 0 spiro atoms. The fraction of sp³-hybridized carbons (Fsp3) is 0.474. The second-order valence-corrected chi connectivity index (χ2v) is 6.49. The lowest BCUT2D eigenvalue weighted by Crippen LogP contribution is -2.39. The van der Waals surface area contributed by atoms with Crippen LogP contribution in [0.1, 0.15) is 27.2 Å². The minimum absolute atomic E-state index is 0.00141. The number of carbonyl (C=O) groups excluding carboxylic acids is 1. The van der Waals surface area contributed by atoms with Gasteiger partial charge in [-0.05, 0) is 57.2 Å². The summed E-state index contributed by atoms with van der Waals surface area (Å²) in [5, 5.41) is 7.87. The first kappa shape index (κ1) is 19.5. The number of nitrogens with zero attached hydrogens (tertiary/aromatic N) is 2. The van der Waals surface area contributed by atoms with E-state index in [-0.39, 0.29) is 11.9 Å². The molecule has 25 heavy (non-hydrogen) atoms. The Balaban J connectivity index is 1.89. The highest BCUT2D eigenvalue weighted by atomic mass is 35.5. The number of anilines is 1. The maximum Gasteiger partial charge on any atom is 0.242 e. The Morgan fingerprint density at radius 3 is 2.76 bits per heavy atom. The molecular weight excluding hydrogens is 336 g/mol. The number of halogens is 1. The van der Waals surface area contributed by atoms with E-state index < -0.39 is 0 Å². The summed E-state index contributed by atoms with van der Waals surface area (Å²) in [7, 11) is 0. The van der Waals surface area contributed by atoms with Crippen LogP contribution in [0.2, 0.25) is 5.02 Å². The maximum atomic E-state index is 12.3. The van der Waals surface area contributed by atoms with E-state index in [4.69, 9.17) is 11.6 Å². The van der Waals surface area contributed by atoms with E-state index >= 15 is 0 Å². The molecule has 0 saturated carbocycles. The molecular formula is C19H27ClN4O. The molecule has 0 aliphatic carbocycles. The molecule has 0 aliphatic heterocycles. The Morgan fingerprint density at radius 1 is 1.28 bits per heavy atom. The maximum absolute atomic E-state index is 12.3. The summed E-state index contributed by atoms with van der Waals surface area (Å²) >= 11 is 6.01. The van der Waals surface area contributed by atoms with E-state index in [9.17, 15) is 4.79 Å². The fourth-order valence-corrected chi connectivity index (χ4v) is 2.92. The standard InChI is InChI=1S/C19H27ClN4O/c1-4-24(5-2)12-6-10-22-19(25)14(3)23-17-9-11-21-18-13-15(20)7-8-16(17)18/h7-9,11,13-14H,4-6,10,12H2,1-3H3,(H,21,23)(H,22,25)/t14-/m0/s1. The third kappa shape index (κ3) is 5.58. The Hall–Kier alpha value is -1.85. The van der Waals surface area contributed by atoms with Crippen LogP contribution in [0.25, 0.3) is 10.9 Å². The molecule has 0 radical (unpaired) electrons. The minimum atomic E-state index is -0.324. The number of hydrogen-bond acceptors (Lipinski definition) is 4. The lowest BCUT2D eigenvalue weighted by atomic mass is 10.1. The number of pyridine rings is 1. The lowest BCUT2D eigenvalue weighted by Gasteiger charge is -2.19. The highest BCUT2D eigenvalue weighted by molar-refractivity contribution is 6.31. The van der Waals surface area contributed by atoms with Gasteiger partial charge in [-0.2, -0.15) is 0 Å². The van der Waals surface area contributed by atoms with Gasteiger partial charge in [0.05, 0.1) is 5.52 Å². The molecule has 2 rings (SSSR count). The first-order valence-corrected chi connectivity index (χ1v) is 9.23. The fourth-order valence-electron chi connectivity index (χ4n) is 2.75. The molecule has 1 aromatic carbocycles. The summed E-state index contributed by atoms with van der Waals surface area (Å²) in [5.74, 6) is -0.00141. The van der Waals surface area contributed by atoms with E-state index in [1.165, 1.54) is 0 Å². The second kappa shape index (κ2) is 9.59. The zero-order valence-electron chi connectivity index (χ0n) is 15.2. The molecule has 1 aromatic heterocycles. The van der Waals surface area contributed by atoms with Crippen molar-refractivity contribution >= 4 is 34.1 Å². The highest BCUT2D eigenvalue weighted by Crippen LogP contribution is 2.24. The van der Waals surface area contributed by atoms with Crippen molar-refractivity contribution in [3.8, 4) is 0 Å². The summed E-state index contributed by atoms with van der Waals surface area (Å²) in [4.78, 5) is 19.0. The Bertz CT molecular complexity index is 703. The number of rotatable bonds is 9. The monoisotopic (exact) mass is 362 g/mol. The van der Waals surface area contributed by atoms with Crippen molar-refractivity contribution in [3.05, 3.63) is 35.5 Å². The molecule has 1 amide bonds. The number of nitrogens with one attached hydrogen (secondary N) is 2. The van der Waals surface area contributed by atoms with Gasteiger partial charge in [-0.3, -0.25) is 9.78 Å². The molecule has 0 aliphatic rings. The highest BCUT2D eigenvalue weighted by Gasteiger charge is 2.13. The predicted octanol–water partition coefficient (Wildman–Crippen LogP) is 3.54. The van der Waals surface area contributed by atoms with Gasteiger partial charge >= 0.3 is 0 Å². The number of aromatic nitrogens is 1. The van der Waals surface area contributed by atoms with E-state index in [0.29, 0.717) is 11.6 Å².